The minimum absolute atomic E-state index is 0.0763. The van der Waals surface area contributed by atoms with Gasteiger partial charge < -0.3 is 10.6 Å². The van der Waals surface area contributed by atoms with Crippen LogP contribution < -0.4 is 10.6 Å². The lowest BCUT2D eigenvalue weighted by Gasteiger charge is -2.11. The number of rotatable bonds is 4. The predicted octanol–water partition coefficient (Wildman–Crippen LogP) is 3.90. The Hall–Kier alpha value is -4.33. The number of H-pyrrole nitrogens is 1. The van der Waals surface area contributed by atoms with Gasteiger partial charge in [0.25, 0.3) is 5.91 Å². The van der Waals surface area contributed by atoms with Crippen LogP contribution in [0.4, 0.5) is 17.2 Å². The summed E-state index contributed by atoms with van der Waals surface area (Å²) in [4.78, 5) is 25.6. The van der Waals surface area contributed by atoms with Crippen molar-refractivity contribution in [3.05, 3.63) is 79.0 Å². The van der Waals surface area contributed by atoms with Gasteiger partial charge in [-0.25, -0.2) is 9.97 Å². The molecule has 5 aromatic rings. The SMILES string of the molecule is O=C(Nc1ccncc1)c1nc(Nc2ccc3[nH]ncc3c2)c2ccccc2n1. The monoisotopic (exact) mass is 381 g/mol. The van der Waals surface area contributed by atoms with Gasteiger partial charge >= 0.3 is 0 Å². The van der Waals surface area contributed by atoms with Gasteiger partial charge in [0, 0.05) is 34.5 Å². The molecule has 1 amide bonds. The topological polar surface area (TPSA) is 108 Å². The fourth-order valence-corrected chi connectivity index (χ4v) is 3.05. The van der Waals surface area contributed by atoms with Gasteiger partial charge in [-0.15, -0.1) is 0 Å². The Balaban J connectivity index is 1.53. The zero-order valence-corrected chi connectivity index (χ0v) is 15.1. The number of fused-ring (bicyclic) bond motifs is 2. The molecular formula is C21H15N7O. The van der Waals surface area contributed by atoms with Gasteiger partial charge in [-0.2, -0.15) is 5.10 Å². The van der Waals surface area contributed by atoms with Crippen LogP contribution in [0.3, 0.4) is 0 Å². The minimum Gasteiger partial charge on any atom is -0.340 e. The van der Waals surface area contributed by atoms with E-state index in [1.54, 1.807) is 30.7 Å². The van der Waals surface area contributed by atoms with Crippen LogP contribution in [0.1, 0.15) is 10.6 Å². The van der Waals surface area contributed by atoms with Gasteiger partial charge in [-0.05, 0) is 42.5 Å². The van der Waals surface area contributed by atoms with Crippen molar-refractivity contribution in [2.75, 3.05) is 10.6 Å². The summed E-state index contributed by atoms with van der Waals surface area (Å²) in [5.41, 5.74) is 3.08. The van der Waals surface area contributed by atoms with Crippen molar-refractivity contribution in [2.24, 2.45) is 0 Å². The van der Waals surface area contributed by atoms with E-state index in [0.717, 1.165) is 22.0 Å². The summed E-state index contributed by atoms with van der Waals surface area (Å²) < 4.78 is 0. The molecule has 3 heterocycles. The molecule has 0 bridgehead atoms. The third-order valence-electron chi connectivity index (χ3n) is 4.45. The second kappa shape index (κ2) is 7.01. The van der Waals surface area contributed by atoms with Gasteiger partial charge in [0.1, 0.15) is 5.82 Å². The minimum atomic E-state index is -0.393. The molecule has 0 radical (unpaired) electrons. The first kappa shape index (κ1) is 16.8. The van der Waals surface area contributed by atoms with Crippen molar-refractivity contribution in [1.29, 1.82) is 0 Å². The number of aromatic nitrogens is 5. The van der Waals surface area contributed by atoms with E-state index in [1.165, 1.54) is 0 Å². The maximum atomic E-state index is 12.7. The number of para-hydroxylation sites is 1. The van der Waals surface area contributed by atoms with Crippen molar-refractivity contribution in [2.45, 2.75) is 0 Å². The van der Waals surface area contributed by atoms with Crippen molar-refractivity contribution in [1.82, 2.24) is 25.1 Å². The number of hydrogen-bond acceptors (Lipinski definition) is 6. The van der Waals surface area contributed by atoms with E-state index in [9.17, 15) is 4.79 Å². The standard InChI is InChI=1S/C21H15N7O/c29-21(25-14-7-9-22-10-8-14)20-26-18-4-2-1-3-16(18)19(27-20)24-15-5-6-17-13(11-15)12-23-28-17/h1-12H,(H,23,28)(H,22,25,29)(H,24,26,27). The third kappa shape index (κ3) is 3.34. The van der Waals surface area contributed by atoms with Crippen LogP contribution in [0.15, 0.2) is 73.2 Å². The Labute approximate surface area is 165 Å². The highest BCUT2D eigenvalue weighted by Crippen LogP contribution is 2.26. The fraction of sp³-hybridized carbons (Fsp3) is 0. The summed E-state index contributed by atoms with van der Waals surface area (Å²) in [5.74, 6) is 0.237. The molecule has 0 aliphatic heterocycles. The molecule has 3 aromatic heterocycles. The number of anilines is 3. The van der Waals surface area contributed by atoms with E-state index in [1.807, 2.05) is 42.5 Å². The molecule has 0 aliphatic rings. The number of carbonyl (C=O) groups is 1. The normalized spacial score (nSPS) is 10.9. The van der Waals surface area contributed by atoms with Crippen LogP contribution in [-0.4, -0.2) is 31.1 Å². The Morgan fingerprint density at radius 3 is 2.69 bits per heavy atom. The number of benzene rings is 2. The van der Waals surface area contributed by atoms with E-state index in [-0.39, 0.29) is 5.82 Å². The molecule has 0 aliphatic carbocycles. The molecule has 0 saturated carbocycles. The largest absolute Gasteiger partial charge is 0.340 e. The summed E-state index contributed by atoms with van der Waals surface area (Å²) in [6.07, 6.45) is 4.97. The molecule has 0 unspecified atom stereocenters. The van der Waals surface area contributed by atoms with Crippen molar-refractivity contribution < 1.29 is 4.79 Å². The summed E-state index contributed by atoms with van der Waals surface area (Å²) in [5, 5.41) is 14.9. The van der Waals surface area contributed by atoms with Gasteiger partial charge in [0.2, 0.25) is 5.82 Å². The van der Waals surface area contributed by atoms with Crippen LogP contribution in [0.2, 0.25) is 0 Å². The highest BCUT2D eigenvalue weighted by molar-refractivity contribution is 6.04. The Kier molecular flexibility index (Phi) is 4.06. The molecule has 29 heavy (non-hydrogen) atoms. The number of nitrogens with one attached hydrogen (secondary N) is 3. The number of hydrogen-bond donors (Lipinski definition) is 3. The lowest BCUT2D eigenvalue weighted by molar-refractivity contribution is 0.101. The van der Waals surface area contributed by atoms with Crippen LogP contribution >= 0.6 is 0 Å². The summed E-state index contributed by atoms with van der Waals surface area (Å²) in [6, 6.07) is 16.8. The van der Waals surface area contributed by atoms with E-state index in [4.69, 9.17) is 0 Å². The number of carbonyl (C=O) groups excluding carboxylic acids is 1. The zero-order valence-electron chi connectivity index (χ0n) is 15.1. The highest BCUT2D eigenvalue weighted by Gasteiger charge is 2.15. The van der Waals surface area contributed by atoms with Crippen LogP contribution in [-0.2, 0) is 0 Å². The molecule has 0 saturated heterocycles. The van der Waals surface area contributed by atoms with Gasteiger partial charge in [-0.3, -0.25) is 14.9 Å². The van der Waals surface area contributed by atoms with E-state index in [2.05, 4.69) is 35.8 Å². The smallest absolute Gasteiger partial charge is 0.293 e. The van der Waals surface area contributed by atoms with Crippen LogP contribution in [0.25, 0.3) is 21.8 Å². The summed E-state index contributed by atoms with van der Waals surface area (Å²) in [7, 11) is 0. The average molecular weight is 381 g/mol. The van der Waals surface area contributed by atoms with Crippen molar-refractivity contribution in [3.63, 3.8) is 0 Å². The van der Waals surface area contributed by atoms with E-state index in [0.29, 0.717) is 17.0 Å². The van der Waals surface area contributed by atoms with Gasteiger partial charge in [0.15, 0.2) is 0 Å². The molecule has 8 heteroatoms. The Morgan fingerprint density at radius 2 is 1.79 bits per heavy atom. The molecule has 2 aromatic carbocycles. The number of amides is 1. The first-order valence-electron chi connectivity index (χ1n) is 8.94. The zero-order chi connectivity index (χ0) is 19.6. The van der Waals surface area contributed by atoms with E-state index < -0.39 is 5.91 Å². The van der Waals surface area contributed by atoms with Crippen molar-refractivity contribution in [3.8, 4) is 0 Å². The van der Waals surface area contributed by atoms with Crippen LogP contribution in [0, 0.1) is 0 Å². The van der Waals surface area contributed by atoms with Gasteiger partial charge in [0.05, 0.1) is 17.2 Å². The Morgan fingerprint density at radius 1 is 0.931 bits per heavy atom. The molecular weight excluding hydrogens is 366 g/mol. The van der Waals surface area contributed by atoms with E-state index >= 15 is 0 Å². The summed E-state index contributed by atoms with van der Waals surface area (Å²) in [6.45, 7) is 0. The lowest BCUT2D eigenvalue weighted by atomic mass is 10.2. The molecule has 5 rings (SSSR count). The maximum absolute atomic E-state index is 12.7. The average Bonchev–Trinajstić information content (AvgIpc) is 3.22. The molecule has 0 spiro atoms. The molecule has 0 atom stereocenters. The predicted molar refractivity (Wildman–Crippen MR) is 111 cm³/mol. The quantitative estimate of drug-likeness (QED) is 0.436. The summed E-state index contributed by atoms with van der Waals surface area (Å²) >= 11 is 0. The number of aromatic amines is 1. The first-order valence-corrected chi connectivity index (χ1v) is 8.94. The van der Waals surface area contributed by atoms with Gasteiger partial charge in [-0.1, -0.05) is 12.1 Å². The highest BCUT2D eigenvalue weighted by atomic mass is 16.2. The second-order valence-corrected chi connectivity index (χ2v) is 6.40. The number of nitrogens with zero attached hydrogens (tertiary/aromatic N) is 4. The number of pyridine rings is 1. The molecule has 3 N–H and O–H groups in total. The molecule has 8 nitrogen and oxygen atoms in total. The maximum Gasteiger partial charge on any atom is 0.293 e. The lowest BCUT2D eigenvalue weighted by Crippen LogP contribution is -2.16. The first-order chi connectivity index (χ1) is 14.3. The second-order valence-electron chi connectivity index (χ2n) is 6.40. The molecule has 140 valence electrons. The Bertz CT molecular complexity index is 1330. The molecule has 0 fully saturated rings. The fourth-order valence-electron chi connectivity index (χ4n) is 3.05. The third-order valence-corrected chi connectivity index (χ3v) is 4.45. The van der Waals surface area contributed by atoms with Crippen molar-refractivity contribution >= 4 is 44.9 Å². The van der Waals surface area contributed by atoms with Crippen LogP contribution in [0.5, 0.6) is 0 Å².